The number of anilines is 1. The van der Waals surface area contributed by atoms with Crippen molar-refractivity contribution in [3.05, 3.63) is 18.2 Å². The second kappa shape index (κ2) is 6.02. The fourth-order valence-corrected chi connectivity index (χ4v) is 2.09. The summed E-state index contributed by atoms with van der Waals surface area (Å²) in [4.78, 5) is 30.7. The number of hydrogen-bond acceptors (Lipinski definition) is 5. The molecule has 0 saturated heterocycles. The molecule has 0 aromatic carbocycles. The SMILES string of the molecule is CN1C(=O)[C@H](N(C)C(=O)OC(C)(C)C)COc2cc(F)ncc21. The molecule has 1 aromatic heterocycles. The third-order valence-corrected chi connectivity index (χ3v) is 3.34. The van der Waals surface area contributed by atoms with Gasteiger partial charge in [0.05, 0.1) is 6.20 Å². The summed E-state index contributed by atoms with van der Waals surface area (Å²) in [5, 5.41) is 0. The number of likely N-dealkylation sites (N-methyl/N-ethyl adjacent to an activating group) is 2. The first kappa shape index (κ1) is 17.0. The Hall–Kier alpha value is -2.38. The van der Waals surface area contributed by atoms with Crippen molar-refractivity contribution in [1.29, 1.82) is 0 Å². The molecule has 0 saturated carbocycles. The van der Waals surface area contributed by atoms with Gasteiger partial charge in [-0.15, -0.1) is 0 Å². The Balaban J connectivity index is 2.23. The summed E-state index contributed by atoms with van der Waals surface area (Å²) in [7, 11) is 2.98. The first-order valence-corrected chi connectivity index (χ1v) is 7.12. The van der Waals surface area contributed by atoms with E-state index in [0.717, 1.165) is 6.07 Å². The molecule has 0 fully saturated rings. The summed E-state index contributed by atoms with van der Waals surface area (Å²) in [6.45, 7) is 5.11. The zero-order valence-corrected chi connectivity index (χ0v) is 13.8. The van der Waals surface area contributed by atoms with Crippen LogP contribution in [-0.2, 0) is 9.53 Å². The van der Waals surface area contributed by atoms with Crippen LogP contribution in [0.25, 0.3) is 0 Å². The highest BCUT2D eigenvalue weighted by atomic mass is 19.1. The highest BCUT2D eigenvalue weighted by molar-refractivity contribution is 6.00. The van der Waals surface area contributed by atoms with E-state index in [4.69, 9.17) is 9.47 Å². The lowest BCUT2D eigenvalue weighted by atomic mass is 10.2. The van der Waals surface area contributed by atoms with E-state index < -0.39 is 23.7 Å². The number of carbonyl (C=O) groups excluding carboxylic acids is 2. The largest absolute Gasteiger partial charge is 0.488 e. The van der Waals surface area contributed by atoms with Gasteiger partial charge in [0.1, 0.15) is 29.7 Å². The molecule has 0 bridgehead atoms. The number of carbonyl (C=O) groups is 2. The Labute approximate surface area is 134 Å². The number of pyridine rings is 1. The van der Waals surface area contributed by atoms with Crippen LogP contribution < -0.4 is 9.64 Å². The van der Waals surface area contributed by atoms with Gasteiger partial charge in [0.25, 0.3) is 5.91 Å². The normalized spacial score (nSPS) is 17.9. The quantitative estimate of drug-likeness (QED) is 0.736. The molecule has 126 valence electrons. The van der Waals surface area contributed by atoms with Crippen LogP contribution in [0.5, 0.6) is 5.75 Å². The van der Waals surface area contributed by atoms with Gasteiger partial charge >= 0.3 is 6.09 Å². The molecule has 2 amide bonds. The van der Waals surface area contributed by atoms with E-state index in [-0.39, 0.29) is 18.3 Å². The van der Waals surface area contributed by atoms with Gasteiger partial charge in [-0.05, 0) is 20.8 Å². The third-order valence-electron chi connectivity index (χ3n) is 3.34. The molecule has 0 unspecified atom stereocenters. The van der Waals surface area contributed by atoms with Crippen molar-refractivity contribution in [3.63, 3.8) is 0 Å². The van der Waals surface area contributed by atoms with Gasteiger partial charge in [-0.3, -0.25) is 9.69 Å². The van der Waals surface area contributed by atoms with E-state index in [1.165, 1.54) is 30.1 Å². The average Bonchev–Trinajstić information content (AvgIpc) is 2.55. The maximum absolute atomic E-state index is 13.2. The maximum Gasteiger partial charge on any atom is 0.410 e. The number of amides is 2. The summed E-state index contributed by atoms with van der Waals surface area (Å²) in [5.41, 5.74) is -0.335. The molecule has 0 spiro atoms. The molecule has 23 heavy (non-hydrogen) atoms. The Morgan fingerprint density at radius 3 is 2.78 bits per heavy atom. The fraction of sp³-hybridized carbons (Fsp3) is 0.533. The van der Waals surface area contributed by atoms with Gasteiger partial charge in [-0.1, -0.05) is 0 Å². The summed E-state index contributed by atoms with van der Waals surface area (Å²) in [5.74, 6) is -0.873. The van der Waals surface area contributed by atoms with Crippen LogP contribution in [0.4, 0.5) is 14.9 Å². The van der Waals surface area contributed by atoms with Gasteiger partial charge in [-0.25, -0.2) is 9.78 Å². The molecular weight excluding hydrogens is 305 g/mol. The van der Waals surface area contributed by atoms with Crippen LogP contribution in [0.2, 0.25) is 0 Å². The minimum Gasteiger partial charge on any atom is -0.488 e. The highest BCUT2D eigenvalue weighted by Crippen LogP contribution is 2.30. The summed E-state index contributed by atoms with van der Waals surface area (Å²) in [6, 6.07) is 0.222. The predicted molar refractivity (Wildman–Crippen MR) is 80.9 cm³/mol. The van der Waals surface area contributed by atoms with Crippen LogP contribution >= 0.6 is 0 Å². The van der Waals surface area contributed by atoms with Crippen LogP contribution in [-0.4, -0.2) is 54.2 Å². The van der Waals surface area contributed by atoms with E-state index in [1.54, 1.807) is 20.8 Å². The van der Waals surface area contributed by atoms with Crippen molar-refractivity contribution >= 4 is 17.7 Å². The predicted octanol–water partition coefficient (Wildman–Crippen LogP) is 1.81. The molecule has 2 heterocycles. The van der Waals surface area contributed by atoms with E-state index in [0.29, 0.717) is 5.69 Å². The molecule has 1 aliphatic rings. The van der Waals surface area contributed by atoms with Crippen molar-refractivity contribution in [2.75, 3.05) is 25.6 Å². The Morgan fingerprint density at radius 2 is 2.17 bits per heavy atom. The van der Waals surface area contributed by atoms with Gasteiger partial charge in [0, 0.05) is 20.2 Å². The second-order valence-corrected chi connectivity index (χ2v) is 6.29. The lowest BCUT2D eigenvalue weighted by Crippen LogP contribution is -2.51. The minimum atomic E-state index is -0.884. The topological polar surface area (TPSA) is 72.0 Å². The number of fused-ring (bicyclic) bond motifs is 1. The van der Waals surface area contributed by atoms with Crippen molar-refractivity contribution in [2.45, 2.75) is 32.4 Å². The number of aromatic nitrogens is 1. The standard InChI is InChI=1S/C15H20FN3O4/c1-15(2,3)23-14(21)19(5)10-8-22-11-6-12(16)17-7-9(11)18(4)13(10)20/h6-7,10H,8H2,1-5H3/t10-/m1/s1. The van der Waals surface area contributed by atoms with E-state index in [9.17, 15) is 14.0 Å². The van der Waals surface area contributed by atoms with Gasteiger partial charge < -0.3 is 14.4 Å². The zero-order valence-electron chi connectivity index (χ0n) is 13.8. The average molecular weight is 325 g/mol. The lowest BCUT2D eigenvalue weighted by Gasteiger charge is -2.30. The molecule has 1 atom stereocenters. The molecule has 0 radical (unpaired) electrons. The third kappa shape index (κ3) is 3.69. The maximum atomic E-state index is 13.2. The Morgan fingerprint density at radius 1 is 1.52 bits per heavy atom. The van der Waals surface area contributed by atoms with E-state index in [1.807, 2.05) is 0 Å². The highest BCUT2D eigenvalue weighted by Gasteiger charge is 2.36. The molecule has 1 aliphatic heterocycles. The van der Waals surface area contributed by atoms with Crippen molar-refractivity contribution in [2.24, 2.45) is 0 Å². The van der Waals surface area contributed by atoms with E-state index >= 15 is 0 Å². The van der Waals surface area contributed by atoms with Crippen LogP contribution in [0.15, 0.2) is 12.3 Å². The molecule has 8 heteroatoms. The molecule has 0 N–H and O–H groups in total. The summed E-state index contributed by atoms with van der Waals surface area (Å²) < 4.78 is 24.0. The Kier molecular flexibility index (Phi) is 4.44. The first-order chi connectivity index (χ1) is 10.6. The number of ether oxygens (including phenoxy) is 2. The number of nitrogens with zero attached hydrogens (tertiary/aromatic N) is 3. The fourth-order valence-electron chi connectivity index (χ4n) is 2.09. The molecule has 1 aromatic rings. The monoisotopic (exact) mass is 325 g/mol. The molecule has 2 rings (SSSR count). The molecule has 0 aliphatic carbocycles. The van der Waals surface area contributed by atoms with Gasteiger partial charge in [0.2, 0.25) is 5.95 Å². The van der Waals surface area contributed by atoms with Crippen LogP contribution in [0, 0.1) is 5.95 Å². The second-order valence-electron chi connectivity index (χ2n) is 6.29. The first-order valence-electron chi connectivity index (χ1n) is 7.12. The van der Waals surface area contributed by atoms with Gasteiger partial charge in [-0.2, -0.15) is 4.39 Å². The van der Waals surface area contributed by atoms with Crippen molar-refractivity contribution in [1.82, 2.24) is 9.88 Å². The molecule has 7 nitrogen and oxygen atoms in total. The smallest absolute Gasteiger partial charge is 0.410 e. The minimum absolute atomic E-state index is 0.102. The van der Waals surface area contributed by atoms with Gasteiger partial charge in [0.15, 0.2) is 0 Å². The van der Waals surface area contributed by atoms with E-state index in [2.05, 4.69) is 4.98 Å². The number of halogens is 1. The number of rotatable bonds is 1. The van der Waals surface area contributed by atoms with Crippen LogP contribution in [0.1, 0.15) is 20.8 Å². The molecular formula is C15H20FN3O4. The lowest BCUT2D eigenvalue weighted by molar-refractivity contribution is -0.123. The Bertz CT molecular complexity index is 630. The van der Waals surface area contributed by atoms with Crippen molar-refractivity contribution in [3.8, 4) is 5.75 Å². The van der Waals surface area contributed by atoms with Crippen LogP contribution in [0.3, 0.4) is 0 Å². The summed E-state index contributed by atoms with van der Waals surface area (Å²) >= 11 is 0. The number of hydrogen-bond donors (Lipinski definition) is 0. The zero-order chi connectivity index (χ0) is 17.4. The van der Waals surface area contributed by atoms with Crippen molar-refractivity contribution < 1.29 is 23.5 Å². The summed E-state index contributed by atoms with van der Waals surface area (Å²) in [6.07, 6.45) is 0.585.